The van der Waals surface area contributed by atoms with Crippen LogP contribution in [0.3, 0.4) is 0 Å². The number of hydrogen-bond acceptors (Lipinski definition) is 3. The van der Waals surface area contributed by atoms with Crippen LogP contribution in [0.2, 0.25) is 0 Å². The number of rotatable bonds is 3. The zero-order valence-corrected chi connectivity index (χ0v) is 16.0. The van der Waals surface area contributed by atoms with Gasteiger partial charge < -0.3 is 0 Å². The Balaban J connectivity index is 1.50. The quantitative estimate of drug-likeness (QED) is 0.777. The number of sulfonamides is 1. The van der Waals surface area contributed by atoms with E-state index in [2.05, 4.69) is 17.0 Å². The van der Waals surface area contributed by atoms with Crippen molar-refractivity contribution in [1.82, 2.24) is 9.21 Å². The molecule has 0 radical (unpaired) electrons. The molecule has 2 aliphatic rings. The fraction of sp³-hybridized carbons (Fsp3) is 0.400. The molecular formula is C20H21F3N2O2S. The highest BCUT2D eigenvalue weighted by Crippen LogP contribution is 2.32. The van der Waals surface area contributed by atoms with E-state index in [9.17, 15) is 21.6 Å². The molecule has 4 nitrogen and oxygen atoms in total. The van der Waals surface area contributed by atoms with Gasteiger partial charge in [-0.25, -0.2) is 8.42 Å². The Morgan fingerprint density at radius 3 is 2.46 bits per heavy atom. The van der Waals surface area contributed by atoms with Crippen LogP contribution in [0.5, 0.6) is 0 Å². The summed E-state index contributed by atoms with van der Waals surface area (Å²) in [6.07, 6.45) is -2.96. The van der Waals surface area contributed by atoms with Crippen molar-refractivity contribution in [3.05, 3.63) is 65.2 Å². The van der Waals surface area contributed by atoms with Gasteiger partial charge in [0.15, 0.2) is 0 Å². The summed E-state index contributed by atoms with van der Waals surface area (Å²) in [6.45, 7) is 2.26. The predicted octanol–water partition coefficient (Wildman–Crippen LogP) is 3.53. The van der Waals surface area contributed by atoms with Crippen LogP contribution in [-0.2, 0) is 29.2 Å². The summed E-state index contributed by atoms with van der Waals surface area (Å²) in [7, 11) is -3.95. The van der Waals surface area contributed by atoms with Gasteiger partial charge in [0.1, 0.15) is 0 Å². The first kappa shape index (κ1) is 19.4. The normalized spacial score (nSPS) is 21.6. The number of halogens is 3. The second kappa shape index (κ2) is 7.17. The lowest BCUT2D eigenvalue weighted by Crippen LogP contribution is -2.41. The highest BCUT2D eigenvalue weighted by molar-refractivity contribution is 7.89. The van der Waals surface area contributed by atoms with Gasteiger partial charge in [-0.3, -0.25) is 4.90 Å². The minimum atomic E-state index is -4.57. The monoisotopic (exact) mass is 410 g/mol. The van der Waals surface area contributed by atoms with Crippen LogP contribution >= 0.6 is 0 Å². The molecule has 8 heteroatoms. The van der Waals surface area contributed by atoms with Gasteiger partial charge >= 0.3 is 6.18 Å². The van der Waals surface area contributed by atoms with Gasteiger partial charge in [0, 0.05) is 32.2 Å². The van der Waals surface area contributed by atoms with E-state index in [1.165, 1.54) is 21.5 Å². The number of hydrogen-bond donors (Lipinski definition) is 0. The summed E-state index contributed by atoms with van der Waals surface area (Å²) in [6, 6.07) is 12.3. The minimum absolute atomic E-state index is 0.0777. The maximum absolute atomic E-state index is 12.9. The van der Waals surface area contributed by atoms with Gasteiger partial charge in [-0.1, -0.05) is 30.3 Å². The molecule has 0 spiro atoms. The highest BCUT2D eigenvalue weighted by Gasteiger charge is 2.37. The zero-order chi connectivity index (χ0) is 19.9. The van der Waals surface area contributed by atoms with E-state index >= 15 is 0 Å². The van der Waals surface area contributed by atoms with Crippen molar-refractivity contribution in [2.75, 3.05) is 19.6 Å². The Hall–Kier alpha value is -1.90. The van der Waals surface area contributed by atoms with Gasteiger partial charge in [0.2, 0.25) is 10.0 Å². The van der Waals surface area contributed by atoms with Crippen molar-refractivity contribution in [3.8, 4) is 0 Å². The molecule has 0 aliphatic carbocycles. The molecule has 0 aromatic heterocycles. The van der Waals surface area contributed by atoms with E-state index < -0.39 is 21.8 Å². The fourth-order valence-corrected chi connectivity index (χ4v) is 5.58. The summed E-state index contributed by atoms with van der Waals surface area (Å²) in [5.41, 5.74) is 1.63. The third-order valence-electron chi connectivity index (χ3n) is 5.60. The Bertz CT molecular complexity index is 975. The summed E-state index contributed by atoms with van der Waals surface area (Å²) in [5.74, 6) is 0. The molecule has 2 aromatic rings. The lowest BCUT2D eigenvalue weighted by atomic mass is 9.98. The van der Waals surface area contributed by atoms with Crippen molar-refractivity contribution in [2.24, 2.45) is 0 Å². The van der Waals surface area contributed by atoms with Crippen molar-refractivity contribution in [3.63, 3.8) is 0 Å². The summed E-state index contributed by atoms with van der Waals surface area (Å²) >= 11 is 0. The molecule has 1 unspecified atom stereocenters. The van der Waals surface area contributed by atoms with Crippen LogP contribution in [0.4, 0.5) is 13.2 Å². The summed E-state index contributed by atoms with van der Waals surface area (Å²) < 4.78 is 65.9. The van der Waals surface area contributed by atoms with E-state index in [4.69, 9.17) is 0 Å². The zero-order valence-electron chi connectivity index (χ0n) is 15.2. The third-order valence-corrected chi connectivity index (χ3v) is 7.46. The maximum atomic E-state index is 12.9. The Morgan fingerprint density at radius 2 is 1.71 bits per heavy atom. The maximum Gasteiger partial charge on any atom is 0.416 e. The average molecular weight is 410 g/mol. The van der Waals surface area contributed by atoms with Gasteiger partial charge in [0.05, 0.1) is 10.5 Å². The van der Waals surface area contributed by atoms with Crippen molar-refractivity contribution >= 4 is 10.0 Å². The summed E-state index contributed by atoms with van der Waals surface area (Å²) in [5, 5.41) is 0. The molecule has 0 N–H and O–H groups in total. The molecule has 150 valence electrons. The third kappa shape index (κ3) is 3.68. The van der Waals surface area contributed by atoms with Crippen LogP contribution in [0.25, 0.3) is 0 Å². The smallest absolute Gasteiger partial charge is 0.294 e. The first-order valence-corrected chi connectivity index (χ1v) is 10.7. The van der Waals surface area contributed by atoms with Crippen LogP contribution in [0, 0.1) is 0 Å². The number of fused-ring (bicyclic) bond motifs is 1. The highest BCUT2D eigenvalue weighted by atomic mass is 32.2. The van der Waals surface area contributed by atoms with Crippen LogP contribution < -0.4 is 0 Å². The largest absolute Gasteiger partial charge is 0.416 e. The second-order valence-electron chi connectivity index (χ2n) is 7.32. The SMILES string of the molecule is O=S(=O)(c1cccc(C(F)(F)F)c1)N1CCC(N2CCc3ccccc3C2)C1. The first-order valence-electron chi connectivity index (χ1n) is 9.23. The van der Waals surface area contributed by atoms with E-state index in [1.807, 2.05) is 12.1 Å². The average Bonchev–Trinajstić information content (AvgIpc) is 3.18. The molecule has 0 saturated carbocycles. The molecule has 0 bridgehead atoms. The van der Waals surface area contributed by atoms with Crippen molar-refractivity contribution in [2.45, 2.75) is 36.5 Å². The molecule has 0 amide bonds. The van der Waals surface area contributed by atoms with Crippen LogP contribution in [0.1, 0.15) is 23.1 Å². The van der Waals surface area contributed by atoms with Crippen LogP contribution in [0.15, 0.2) is 53.4 Å². The fourth-order valence-electron chi connectivity index (χ4n) is 4.04. The topological polar surface area (TPSA) is 40.6 Å². The molecule has 1 fully saturated rings. The first-order chi connectivity index (χ1) is 13.2. The molecule has 1 saturated heterocycles. The van der Waals surface area contributed by atoms with Crippen molar-refractivity contribution in [1.29, 1.82) is 0 Å². The van der Waals surface area contributed by atoms with Crippen molar-refractivity contribution < 1.29 is 21.6 Å². The van der Waals surface area contributed by atoms with Gasteiger partial charge in [-0.2, -0.15) is 17.5 Å². The molecule has 1 atom stereocenters. The van der Waals surface area contributed by atoms with Gasteiger partial charge in [-0.15, -0.1) is 0 Å². The number of alkyl halides is 3. The Morgan fingerprint density at radius 1 is 0.964 bits per heavy atom. The molecule has 28 heavy (non-hydrogen) atoms. The Kier molecular flexibility index (Phi) is 4.97. The van der Waals surface area contributed by atoms with E-state index in [0.717, 1.165) is 37.7 Å². The van der Waals surface area contributed by atoms with Gasteiger partial charge in [-0.05, 0) is 42.2 Å². The lowest BCUT2D eigenvalue weighted by molar-refractivity contribution is -0.137. The molecule has 4 rings (SSSR count). The van der Waals surface area contributed by atoms with Gasteiger partial charge in [0.25, 0.3) is 0 Å². The number of benzene rings is 2. The molecule has 2 aromatic carbocycles. The van der Waals surface area contributed by atoms with E-state index in [-0.39, 0.29) is 10.9 Å². The lowest BCUT2D eigenvalue weighted by Gasteiger charge is -2.33. The standard InChI is InChI=1S/C20H21F3N2O2S/c21-20(22,23)17-6-3-7-19(12-17)28(26,27)25-11-9-18(14-25)24-10-8-15-4-1-2-5-16(15)13-24/h1-7,12,18H,8-11,13-14H2. The second-order valence-corrected chi connectivity index (χ2v) is 9.26. The van der Waals surface area contributed by atoms with E-state index in [0.29, 0.717) is 19.5 Å². The number of nitrogens with zero attached hydrogens (tertiary/aromatic N) is 2. The molecule has 2 heterocycles. The Labute approximate surface area is 162 Å². The summed E-state index contributed by atoms with van der Waals surface area (Å²) in [4.78, 5) is 1.98. The van der Waals surface area contributed by atoms with E-state index in [1.54, 1.807) is 0 Å². The minimum Gasteiger partial charge on any atom is -0.294 e. The molecular weight excluding hydrogens is 389 g/mol. The van der Waals surface area contributed by atoms with Crippen LogP contribution in [-0.4, -0.2) is 43.3 Å². The molecule has 2 aliphatic heterocycles. The predicted molar refractivity (Wildman–Crippen MR) is 99.2 cm³/mol.